The zero-order chi connectivity index (χ0) is 26.5. The molecule has 0 aliphatic carbocycles. The summed E-state index contributed by atoms with van der Waals surface area (Å²) in [5, 5.41) is 2.89. The molecular formula is C34H36N2Si2. The van der Waals surface area contributed by atoms with E-state index in [2.05, 4.69) is 158 Å². The normalized spacial score (nSPS) is 11.5. The van der Waals surface area contributed by atoms with Crippen molar-refractivity contribution < 1.29 is 0 Å². The van der Waals surface area contributed by atoms with Gasteiger partial charge in [-0.3, -0.25) is 0 Å². The quantitative estimate of drug-likeness (QED) is 0.227. The van der Waals surface area contributed by atoms with Crippen LogP contribution < -0.4 is 19.5 Å². The Morgan fingerprint density at radius 2 is 0.526 bits per heavy atom. The number of nitrogens with zero attached hydrogens (tertiary/aromatic N) is 2. The van der Waals surface area contributed by atoms with Crippen LogP contribution in [0.25, 0.3) is 0 Å². The molecule has 0 N–H and O–H groups in total. The van der Waals surface area contributed by atoms with E-state index in [1.807, 2.05) is 0 Å². The average molecular weight is 529 g/mol. The molecule has 0 bridgehead atoms. The Balaban J connectivity index is 1.40. The fraction of sp³-hybridized carbons (Fsp3) is 0.118. The molecule has 0 saturated heterocycles. The lowest BCUT2D eigenvalue weighted by atomic mass is 10.2. The Labute approximate surface area is 232 Å². The first-order valence-electron chi connectivity index (χ1n) is 13.3. The summed E-state index contributed by atoms with van der Waals surface area (Å²) in [6.45, 7) is 8.60. The number of rotatable bonds is 8. The fourth-order valence-corrected chi connectivity index (χ4v) is 7.87. The molecule has 2 nitrogen and oxygen atoms in total. The van der Waals surface area contributed by atoms with Crippen molar-refractivity contribution in [1.29, 1.82) is 0 Å². The first kappa shape index (κ1) is 25.8. The SMILES string of the molecule is Cc1ccc(N([SiH2]c2ccc([SiH2]N(c3ccc(C)cc3)c3ccc(C)cc3)cc2)c2ccc(C)cc2)cc1. The molecule has 0 aliphatic heterocycles. The molecule has 0 heterocycles. The first-order chi connectivity index (χ1) is 18.4. The molecular weight excluding hydrogens is 493 g/mol. The molecule has 5 rings (SSSR count). The van der Waals surface area contributed by atoms with Gasteiger partial charge in [0.05, 0.1) is 0 Å². The first-order valence-corrected chi connectivity index (χ1v) is 16.0. The second kappa shape index (κ2) is 11.7. The van der Waals surface area contributed by atoms with Gasteiger partial charge in [0, 0.05) is 22.7 Å². The van der Waals surface area contributed by atoms with E-state index in [4.69, 9.17) is 0 Å². The van der Waals surface area contributed by atoms with E-state index in [-0.39, 0.29) is 0 Å². The van der Waals surface area contributed by atoms with Crippen molar-refractivity contribution >= 4 is 52.5 Å². The fourth-order valence-electron chi connectivity index (χ4n) is 4.68. The number of hydrogen-bond acceptors (Lipinski definition) is 2. The second-order valence-electron chi connectivity index (χ2n) is 10.3. The standard InChI is InChI=1S/C34H36N2Si2/c1-25-5-13-29(14-6-25)35(30-15-7-26(2)8-16-30)37-33-21-23-34(24-22-33)38-36(31-17-9-27(3)10-18-31)32-19-11-28(4)12-20-32/h5-24H,37-38H2,1-4H3. The van der Waals surface area contributed by atoms with Gasteiger partial charge in [-0.25, -0.2) is 0 Å². The van der Waals surface area contributed by atoms with Gasteiger partial charge in [-0.2, -0.15) is 0 Å². The minimum absolute atomic E-state index is 0.737. The molecule has 5 aromatic carbocycles. The minimum atomic E-state index is -0.737. The Morgan fingerprint density at radius 1 is 0.316 bits per heavy atom. The van der Waals surface area contributed by atoms with E-state index in [1.54, 1.807) is 0 Å². The van der Waals surface area contributed by atoms with E-state index in [0.717, 1.165) is 0 Å². The molecule has 0 aromatic heterocycles. The predicted octanol–water partition coefficient (Wildman–Crippen LogP) is 6.02. The zero-order valence-corrected chi connectivity index (χ0v) is 25.7. The van der Waals surface area contributed by atoms with E-state index < -0.39 is 19.4 Å². The summed E-state index contributed by atoms with van der Waals surface area (Å²) >= 11 is 0. The monoisotopic (exact) mass is 528 g/mol. The smallest absolute Gasteiger partial charge is 0.161 e. The maximum Gasteiger partial charge on any atom is 0.161 e. The summed E-state index contributed by atoms with van der Waals surface area (Å²) in [6, 6.07) is 45.2. The number of anilines is 4. The summed E-state index contributed by atoms with van der Waals surface area (Å²) in [5.74, 6) is 0. The zero-order valence-electron chi connectivity index (χ0n) is 22.9. The third-order valence-electron chi connectivity index (χ3n) is 7.09. The molecule has 0 radical (unpaired) electrons. The van der Waals surface area contributed by atoms with Crippen molar-refractivity contribution in [1.82, 2.24) is 0 Å². The highest BCUT2D eigenvalue weighted by atomic mass is 28.2. The lowest BCUT2D eigenvalue weighted by molar-refractivity contribution is 1.36. The molecule has 0 unspecified atom stereocenters. The van der Waals surface area contributed by atoms with Crippen molar-refractivity contribution in [2.24, 2.45) is 0 Å². The van der Waals surface area contributed by atoms with Gasteiger partial charge in [-0.1, -0.05) is 95.1 Å². The topological polar surface area (TPSA) is 6.48 Å². The van der Waals surface area contributed by atoms with Gasteiger partial charge in [0.2, 0.25) is 0 Å². The van der Waals surface area contributed by atoms with Crippen LogP contribution in [0.2, 0.25) is 0 Å². The van der Waals surface area contributed by atoms with Gasteiger partial charge in [0.25, 0.3) is 0 Å². The van der Waals surface area contributed by atoms with Crippen LogP contribution in [0.3, 0.4) is 0 Å². The van der Waals surface area contributed by atoms with E-state index in [9.17, 15) is 0 Å². The van der Waals surface area contributed by atoms with Crippen LogP contribution in [0.4, 0.5) is 22.7 Å². The highest BCUT2D eigenvalue weighted by Crippen LogP contribution is 2.26. The molecule has 0 atom stereocenters. The lowest BCUT2D eigenvalue weighted by Gasteiger charge is -2.27. The van der Waals surface area contributed by atoms with Crippen LogP contribution >= 0.6 is 0 Å². The van der Waals surface area contributed by atoms with Crippen LogP contribution in [-0.2, 0) is 0 Å². The average Bonchev–Trinajstić information content (AvgIpc) is 2.93. The molecule has 0 saturated carbocycles. The summed E-state index contributed by atoms with van der Waals surface area (Å²) in [6.07, 6.45) is 0. The van der Waals surface area contributed by atoms with Gasteiger partial charge < -0.3 is 9.13 Å². The predicted molar refractivity (Wildman–Crippen MR) is 172 cm³/mol. The van der Waals surface area contributed by atoms with E-state index in [1.165, 1.54) is 55.4 Å². The van der Waals surface area contributed by atoms with Crippen molar-refractivity contribution in [2.75, 3.05) is 9.13 Å². The Bertz CT molecular complexity index is 1250. The molecule has 0 aliphatic rings. The summed E-state index contributed by atoms with van der Waals surface area (Å²) in [4.78, 5) is 0. The van der Waals surface area contributed by atoms with Crippen LogP contribution in [0, 0.1) is 27.7 Å². The number of aryl methyl sites for hydroxylation is 4. The van der Waals surface area contributed by atoms with Crippen LogP contribution in [0.15, 0.2) is 121 Å². The van der Waals surface area contributed by atoms with Crippen molar-refractivity contribution in [3.8, 4) is 0 Å². The summed E-state index contributed by atoms with van der Waals surface area (Å²) in [7, 11) is -1.47. The van der Waals surface area contributed by atoms with Crippen molar-refractivity contribution in [2.45, 2.75) is 27.7 Å². The number of hydrogen-bond donors (Lipinski definition) is 0. The van der Waals surface area contributed by atoms with Gasteiger partial charge in [-0.05, 0) is 86.6 Å². The largest absolute Gasteiger partial charge is 0.370 e. The maximum atomic E-state index is 2.54. The molecule has 38 heavy (non-hydrogen) atoms. The Hall–Kier alpha value is -3.87. The van der Waals surface area contributed by atoms with Gasteiger partial charge in [0.15, 0.2) is 19.4 Å². The maximum absolute atomic E-state index is 2.54. The Morgan fingerprint density at radius 3 is 0.737 bits per heavy atom. The Kier molecular flexibility index (Phi) is 7.92. The van der Waals surface area contributed by atoms with Gasteiger partial charge in [-0.15, -0.1) is 0 Å². The van der Waals surface area contributed by atoms with Crippen LogP contribution in [-0.4, -0.2) is 19.4 Å². The van der Waals surface area contributed by atoms with Crippen molar-refractivity contribution in [3.63, 3.8) is 0 Å². The van der Waals surface area contributed by atoms with Crippen LogP contribution in [0.1, 0.15) is 22.3 Å². The van der Waals surface area contributed by atoms with Crippen LogP contribution in [0.5, 0.6) is 0 Å². The van der Waals surface area contributed by atoms with E-state index >= 15 is 0 Å². The molecule has 0 fully saturated rings. The third-order valence-corrected chi connectivity index (χ3v) is 10.9. The van der Waals surface area contributed by atoms with E-state index in [0.29, 0.717) is 0 Å². The third kappa shape index (κ3) is 6.33. The molecule has 0 amide bonds. The highest BCUT2D eigenvalue weighted by molar-refractivity contribution is 6.61. The van der Waals surface area contributed by atoms with Gasteiger partial charge in [0.1, 0.15) is 0 Å². The molecule has 5 aromatic rings. The molecule has 190 valence electrons. The summed E-state index contributed by atoms with van der Waals surface area (Å²) in [5.41, 5.74) is 10.3. The highest BCUT2D eigenvalue weighted by Gasteiger charge is 2.13. The molecule has 4 heteroatoms. The lowest BCUT2D eigenvalue weighted by Crippen LogP contribution is -2.35. The summed E-state index contributed by atoms with van der Waals surface area (Å²) < 4.78 is 5.08. The minimum Gasteiger partial charge on any atom is -0.370 e. The molecule has 0 spiro atoms. The van der Waals surface area contributed by atoms with Gasteiger partial charge >= 0.3 is 0 Å². The number of benzene rings is 5. The second-order valence-corrected chi connectivity index (χ2v) is 13.9. The van der Waals surface area contributed by atoms with Crippen molar-refractivity contribution in [3.05, 3.63) is 144 Å².